The highest BCUT2D eigenvalue weighted by Gasteiger charge is 2.33. The average molecular weight is 288 g/mol. The molecule has 1 saturated carbocycles. The lowest BCUT2D eigenvalue weighted by molar-refractivity contribution is 0.111. The van der Waals surface area contributed by atoms with Crippen LogP contribution in [0.2, 0.25) is 0 Å². The predicted octanol–water partition coefficient (Wildman–Crippen LogP) is 4.07. The van der Waals surface area contributed by atoms with E-state index in [0.29, 0.717) is 11.5 Å². The Labute approximate surface area is 130 Å². The number of benzene rings is 1. The van der Waals surface area contributed by atoms with E-state index < -0.39 is 0 Å². The first-order chi connectivity index (χ1) is 10.1. The third-order valence-electron chi connectivity index (χ3n) is 4.70. The first kappa shape index (κ1) is 16.5. The normalized spacial score (nSPS) is 18.3. The van der Waals surface area contributed by atoms with E-state index >= 15 is 0 Å². The molecule has 0 aliphatic heterocycles. The fraction of sp³-hybridized carbons (Fsp3) is 0.684. The van der Waals surface area contributed by atoms with Crippen LogP contribution in [-0.4, -0.2) is 31.1 Å². The summed E-state index contributed by atoms with van der Waals surface area (Å²) in [5.41, 5.74) is 1.90. The van der Waals surface area contributed by atoms with Crippen molar-refractivity contribution in [3.63, 3.8) is 0 Å². The minimum atomic E-state index is 0.478. The Morgan fingerprint density at radius 2 is 1.76 bits per heavy atom. The highest BCUT2D eigenvalue weighted by molar-refractivity contribution is 5.14. The zero-order valence-corrected chi connectivity index (χ0v) is 14.1. The minimum absolute atomic E-state index is 0.478. The van der Waals surface area contributed by atoms with Gasteiger partial charge in [0.15, 0.2) is 0 Å². The molecule has 1 aliphatic rings. The van der Waals surface area contributed by atoms with E-state index in [0.717, 1.165) is 6.54 Å². The van der Waals surface area contributed by atoms with Crippen molar-refractivity contribution in [2.75, 3.05) is 20.1 Å². The molecule has 0 bridgehead atoms. The van der Waals surface area contributed by atoms with Crippen molar-refractivity contribution in [1.82, 2.24) is 10.2 Å². The molecule has 1 aromatic rings. The van der Waals surface area contributed by atoms with Crippen LogP contribution in [0.15, 0.2) is 30.3 Å². The van der Waals surface area contributed by atoms with Gasteiger partial charge in [-0.2, -0.15) is 0 Å². The molecule has 1 fully saturated rings. The Hall–Kier alpha value is -0.860. The van der Waals surface area contributed by atoms with E-state index in [-0.39, 0.29) is 0 Å². The summed E-state index contributed by atoms with van der Waals surface area (Å²) < 4.78 is 0. The number of rotatable bonds is 7. The quantitative estimate of drug-likeness (QED) is 0.813. The van der Waals surface area contributed by atoms with Gasteiger partial charge < -0.3 is 10.2 Å². The van der Waals surface area contributed by atoms with Gasteiger partial charge in [0.2, 0.25) is 0 Å². The molecule has 0 aromatic heterocycles. The standard InChI is InChI=1S/C19H32N2/c1-17(2)20-15-19(12-8-5-9-13-19)16-21(3)14-18-10-6-4-7-11-18/h4,6-7,10-11,17,20H,5,8-9,12-16H2,1-3H3. The highest BCUT2D eigenvalue weighted by Crippen LogP contribution is 2.36. The molecule has 0 spiro atoms. The van der Waals surface area contributed by atoms with E-state index in [1.165, 1.54) is 50.8 Å². The molecule has 1 aromatic carbocycles. The van der Waals surface area contributed by atoms with Gasteiger partial charge in [-0.15, -0.1) is 0 Å². The first-order valence-corrected chi connectivity index (χ1v) is 8.56. The lowest BCUT2D eigenvalue weighted by atomic mass is 9.73. The molecule has 1 N–H and O–H groups in total. The Morgan fingerprint density at radius 3 is 2.38 bits per heavy atom. The SMILES string of the molecule is CC(C)NCC1(CN(C)Cc2ccccc2)CCCCC1. The molecule has 2 rings (SSSR count). The van der Waals surface area contributed by atoms with Gasteiger partial charge in [-0.1, -0.05) is 63.4 Å². The molecule has 21 heavy (non-hydrogen) atoms. The van der Waals surface area contributed by atoms with Crippen LogP contribution in [0.1, 0.15) is 51.5 Å². The van der Waals surface area contributed by atoms with Crippen molar-refractivity contribution in [3.05, 3.63) is 35.9 Å². The van der Waals surface area contributed by atoms with Gasteiger partial charge in [-0.05, 0) is 30.9 Å². The molecule has 2 heteroatoms. The van der Waals surface area contributed by atoms with Crippen LogP contribution >= 0.6 is 0 Å². The van der Waals surface area contributed by atoms with E-state index in [1.54, 1.807) is 0 Å². The van der Waals surface area contributed by atoms with E-state index in [9.17, 15) is 0 Å². The molecule has 0 heterocycles. The Kier molecular flexibility index (Phi) is 6.25. The maximum Gasteiger partial charge on any atom is 0.0230 e. The molecule has 1 aliphatic carbocycles. The van der Waals surface area contributed by atoms with Gasteiger partial charge in [0.1, 0.15) is 0 Å². The monoisotopic (exact) mass is 288 g/mol. The Bertz CT molecular complexity index is 393. The third-order valence-corrected chi connectivity index (χ3v) is 4.70. The van der Waals surface area contributed by atoms with Crippen LogP contribution in [0.4, 0.5) is 0 Å². The van der Waals surface area contributed by atoms with Gasteiger partial charge >= 0.3 is 0 Å². The molecule has 2 nitrogen and oxygen atoms in total. The third kappa shape index (κ3) is 5.44. The van der Waals surface area contributed by atoms with Crippen LogP contribution in [0.25, 0.3) is 0 Å². The smallest absolute Gasteiger partial charge is 0.0230 e. The second-order valence-corrected chi connectivity index (χ2v) is 7.25. The molecular formula is C19H32N2. The molecular weight excluding hydrogens is 256 g/mol. The summed E-state index contributed by atoms with van der Waals surface area (Å²) in [5, 5.41) is 3.70. The molecule has 0 atom stereocenters. The maximum absolute atomic E-state index is 3.70. The van der Waals surface area contributed by atoms with Crippen molar-refractivity contribution < 1.29 is 0 Å². The van der Waals surface area contributed by atoms with E-state index in [1.807, 2.05) is 0 Å². The molecule has 0 radical (unpaired) electrons. The van der Waals surface area contributed by atoms with Crippen molar-refractivity contribution in [2.45, 2.75) is 58.5 Å². The van der Waals surface area contributed by atoms with Crippen molar-refractivity contribution in [1.29, 1.82) is 0 Å². The summed E-state index contributed by atoms with van der Waals surface area (Å²) >= 11 is 0. The van der Waals surface area contributed by atoms with Gasteiger partial charge in [-0.3, -0.25) is 0 Å². The summed E-state index contributed by atoms with van der Waals surface area (Å²) in [6.45, 7) is 7.95. The number of nitrogens with zero attached hydrogens (tertiary/aromatic N) is 1. The lowest BCUT2D eigenvalue weighted by Crippen LogP contribution is -2.45. The number of hydrogen-bond acceptors (Lipinski definition) is 2. The molecule has 0 unspecified atom stereocenters. The van der Waals surface area contributed by atoms with E-state index in [4.69, 9.17) is 0 Å². The summed E-state index contributed by atoms with van der Waals surface area (Å²) in [5.74, 6) is 0. The number of hydrogen-bond donors (Lipinski definition) is 1. The van der Waals surface area contributed by atoms with Crippen LogP contribution < -0.4 is 5.32 Å². The fourth-order valence-electron chi connectivity index (χ4n) is 3.64. The van der Waals surface area contributed by atoms with Crippen LogP contribution in [0.3, 0.4) is 0 Å². The molecule has 0 saturated heterocycles. The second kappa shape index (κ2) is 7.95. The molecule has 118 valence electrons. The number of nitrogens with one attached hydrogen (secondary N) is 1. The Balaban J connectivity index is 1.93. The highest BCUT2D eigenvalue weighted by atomic mass is 15.1. The minimum Gasteiger partial charge on any atom is -0.314 e. The zero-order valence-electron chi connectivity index (χ0n) is 14.1. The van der Waals surface area contributed by atoms with Crippen LogP contribution in [0.5, 0.6) is 0 Å². The van der Waals surface area contributed by atoms with Crippen LogP contribution in [0, 0.1) is 5.41 Å². The summed E-state index contributed by atoms with van der Waals surface area (Å²) in [4.78, 5) is 2.52. The predicted molar refractivity (Wildman–Crippen MR) is 91.4 cm³/mol. The summed E-state index contributed by atoms with van der Waals surface area (Å²) in [6, 6.07) is 11.4. The van der Waals surface area contributed by atoms with Gasteiger partial charge in [0, 0.05) is 25.7 Å². The van der Waals surface area contributed by atoms with Crippen LogP contribution in [-0.2, 0) is 6.54 Å². The van der Waals surface area contributed by atoms with E-state index in [2.05, 4.69) is 61.4 Å². The van der Waals surface area contributed by atoms with Crippen molar-refractivity contribution in [3.8, 4) is 0 Å². The molecule has 0 amide bonds. The maximum atomic E-state index is 3.70. The first-order valence-electron chi connectivity index (χ1n) is 8.56. The largest absolute Gasteiger partial charge is 0.314 e. The topological polar surface area (TPSA) is 15.3 Å². The average Bonchev–Trinajstić information content (AvgIpc) is 2.47. The summed E-state index contributed by atoms with van der Waals surface area (Å²) in [7, 11) is 2.28. The van der Waals surface area contributed by atoms with Gasteiger partial charge in [-0.25, -0.2) is 0 Å². The fourth-order valence-corrected chi connectivity index (χ4v) is 3.64. The van der Waals surface area contributed by atoms with Gasteiger partial charge in [0.25, 0.3) is 0 Å². The Morgan fingerprint density at radius 1 is 1.10 bits per heavy atom. The lowest BCUT2D eigenvalue weighted by Gasteiger charge is -2.41. The second-order valence-electron chi connectivity index (χ2n) is 7.25. The zero-order chi connectivity index (χ0) is 15.1. The van der Waals surface area contributed by atoms with Gasteiger partial charge in [0.05, 0.1) is 0 Å². The van der Waals surface area contributed by atoms with Crippen molar-refractivity contribution in [2.24, 2.45) is 5.41 Å². The summed E-state index contributed by atoms with van der Waals surface area (Å²) in [6.07, 6.45) is 6.99. The van der Waals surface area contributed by atoms with Crippen molar-refractivity contribution >= 4 is 0 Å².